The molecule has 0 aliphatic rings. The monoisotopic (exact) mass is 324 g/mol. The lowest BCUT2D eigenvalue weighted by atomic mass is 10.1. The lowest BCUT2D eigenvalue weighted by Gasteiger charge is -2.05. The van der Waals surface area contributed by atoms with Gasteiger partial charge in [-0.3, -0.25) is 10.8 Å². The minimum Gasteiger partial charge on any atom is -0.281 e. The third-order valence-corrected chi connectivity index (χ3v) is 4.13. The van der Waals surface area contributed by atoms with E-state index in [-0.39, 0.29) is 5.84 Å². The van der Waals surface area contributed by atoms with Gasteiger partial charge in [-0.1, -0.05) is 78.0 Å². The predicted molar refractivity (Wildman–Crippen MR) is 103 cm³/mol. The summed E-state index contributed by atoms with van der Waals surface area (Å²) in [5.74, 6) is 0.124. The van der Waals surface area contributed by atoms with E-state index in [1.807, 2.05) is 72.8 Å². The van der Waals surface area contributed by atoms with Gasteiger partial charge in [0.1, 0.15) is 0 Å². The van der Waals surface area contributed by atoms with E-state index in [0.717, 1.165) is 32.8 Å². The molecular formula is C21H16N4. The molecule has 0 bridgehead atoms. The molecule has 0 fully saturated rings. The van der Waals surface area contributed by atoms with Gasteiger partial charge in [-0.2, -0.15) is 0 Å². The van der Waals surface area contributed by atoms with Crippen LogP contribution < -0.4 is 5.43 Å². The average molecular weight is 324 g/mol. The van der Waals surface area contributed by atoms with E-state index in [4.69, 9.17) is 5.41 Å². The predicted octanol–water partition coefficient (Wildman–Crippen LogP) is 5.80. The normalized spacial score (nSPS) is 11.2. The first-order valence-electron chi connectivity index (χ1n) is 8.03. The molecule has 4 heteroatoms. The number of hydrogen-bond donors (Lipinski definition) is 2. The summed E-state index contributed by atoms with van der Waals surface area (Å²) in [4.78, 5) is 0. The summed E-state index contributed by atoms with van der Waals surface area (Å²) in [6.45, 7) is 0. The van der Waals surface area contributed by atoms with Crippen LogP contribution in [0.5, 0.6) is 0 Å². The molecule has 4 aromatic rings. The average Bonchev–Trinajstić information content (AvgIpc) is 2.67. The van der Waals surface area contributed by atoms with Gasteiger partial charge in [0.25, 0.3) is 0 Å². The van der Waals surface area contributed by atoms with Gasteiger partial charge in [-0.15, -0.1) is 5.11 Å². The zero-order valence-corrected chi connectivity index (χ0v) is 13.5. The number of anilines is 1. The maximum atomic E-state index is 8.13. The zero-order valence-electron chi connectivity index (χ0n) is 13.5. The van der Waals surface area contributed by atoms with Crippen molar-refractivity contribution in [3.8, 4) is 0 Å². The molecule has 0 aliphatic heterocycles. The zero-order chi connectivity index (χ0) is 17.1. The number of fused-ring (bicyclic) bond motifs is 2. The highest BCUT2D eigenvalue weighted by molar-refractivity contribution is 6.00. The second-order valence-corrected chi connectivity index (χ2v) is 5.75. The van der Waals surface area contributed by atoms with Gasteiger partial charge in [-0.25, -0.2) is 0 Å². The summed E-state index contributed by atoms with van der Waals surface area (Å²) >= 11 is 0. The van der Waals surface area contributed by atoms with Crippen molar-refractivity contribution in [1.82, 2.24) is 0 Å². The van der Waals surface area contributed by atoms with Crippen LogP contribution in [0.25, 0.3) is 21.5 Å². The molecule has 25 heavy (non-hydrogen) atoms. The highest BCUT2D eigenvalue weighted by Crippen LogP contribution is 2.23. The van der Waals surface area contributed by atoms with Crippen LogP contribution in [0.1, 0.15) is 5.56 Å². The fourth-order valence-corrected chi connectivity index (χ4v) is 2.85. The van der Waals surface area contributed by atoms with E-state index in [1.165, 1.54) is 0 Å². The summed E-state index contributed by atoms with van der Waals surface area (Å²) in [6, 6.07) is 27.9. The summed E-state index contributed by atoms with van der Waals surface area (Å²) in [7, 11) is 0. The van der Waals surface area contributed by atoms with Gasteiger partial charge in [-0.05, 0) is 28.3 Å². The Morgan fingerprint density at radius 1 is 0.720 bits per heavy atom. The maximum absolute atomic E-state index is 8.13. The second kappa shape index (κ2) is 6.53. The van der Waals surface area contributed by atoms with Crippen molar-refractivity contribution < 1.29 is 0 Å². The smallest absolute Gasteiger partial charge is 0.176 e. The standard InChI is InChI=1S/C21H16N4/c22-21(18-13-12-15-6-1-2-8-17(15)14-18)24-25-23-20-11-5-9-16-7-3-4-10-19(16)20/h1-14H,(H2,22,23,24). The molecule has 4 aromatic carbocycles. The molecule has 0 radical (unpaired) electrons. The van der Waals surface area contributed by atoms with E-state index >= 15 is 0 Å². The molecule has 0 atom stereocenters. The van der Waals surface area contributed by atoms with Crippen LogP contribution in [0.15, 0.2) is 95.3 Å². The van der Waals surface area contributed by atoms with Crippen LogP contribution in [-0.4, -0.2) is 5.84 Å². The first-order valence-corrected chi connectivity index (χ1v) is 8.03. The Balaban J connectivity index is 1.55. The van der Waals surface area contributed by atoms with Crippen LogP contribution in [-0.2, 0) is 0 Å². The van der Waals surface area contributed by atoms with E-state index in [0.29, 0.717) is 0 Å². The highest BCUT2D eigenvalue weighted by Gasteiger charge is 2.02. The molecule has 0 saturated carbocycles. The van der Waals surface area contributed by atoms with Gasteiger partial charge in [0.2, 0.25) is 0 Å². The van der Waals surface area contributed by atoms with Crippen molar-refractivity contribution in [2.24, 2.45) is 10.3 Å². The van der Waals surface area contributed by atoms with Crippen LogP contribution >= 0.6 is 0 Å². The number of nitrogens with one attached hydrogen (secondary N) is 2. The van der Waals surface area contributed by atoms with Crippen LogP contribution in [0.2, 0.25) is 0 Å². The third-order valence-electron chi connectivity index (χ3n) is 4.13. The number of benzene rings is 4. The number of hydrogen-bond acceptors (Lipinski definition) is 2. The summed E-state index contributed by atoms with van der Waals surface area (Å²) in [5.41, 5.74) is 4.55. The minimum absolute atomic E-state index is 0.124. The van der Waals surface area contributed by atoms with Gasteiger partial charge >= 0.3 is 0 Å². The van der Waals surface area contributed by atoms with E-state index in [2.05, 4.69) is 27.9 Å². The van der Waals surface area contributed by atoms with E-state index in [1.54, 1.807) is 0 Å². The minimum atomic E-state index is 0.124. The van der Waals surface area contributed by atoms with Crippen LogP contribution in [0.3, 0.4) is 0 Å². The number of rotatable bonds is 3. The van der Waals surface area contributed by atoms with Crippen LogP contribution in [0, 0.1) is 5.41 Å². The number of nitrogens with zero attached hydrogens (tertiary/aromatic N) is 2. The SMILES string of the molecule is N=C(/N=N\Nc1cccc2ccccc12)c1ccc2ccccc2c1. The summed E-state index contributed by atoms with van der Waals surface area (Å²) in [6.07, 6.45) is 0. The first kappa shape index (κ1) is 15.0. The lowest BCUT2D eigenvalue weighted by molar-refractivity contribution is 1.15. The molecule has 0 heterocycles. The van der Waals surface area contributed by atoms with Crippen molar-refractivity contribution in [1.29, 1.82) is 5.41 Å². The van der Waals surface area contributed by atoms with Gasteiger partial charge in [0.05, 0.1) is 5.69 Å². The molecule has 0 saturated heterocycles. The van der Waals surface area contributed by atoms with E-state index < -0.39 is 0 Å². The number of amidine groups is 1. The van der Waals surface area contributed by atoms with Crippen molar-refractivity contribution in [3.05, 3.63) is 90.5 Å². The Hall–Kier alpha value is -3.53. The molecule has 0 unspecified atom stereocenters. The fraction of sp³-hybridized carbons (Fsp3) is 0. The Morgan fingerprint density at radius 3 is 2.32 bits per heavy atom. The van der Waals surface area contributed by atoms with Crippen LogP contribution in [0.4, 0.5) is 5.69 Å². The Morgan fingerprint density at radius 2 is 1.44 bits per heavy atom. The largest absolute Gasteiger partial charge is 0.281 e. The Bertz CT molecular complexity index is 1090. The van der Waals surface area contributed by atoms with Crippen molar-refractivity contribution in [2.45, 2.75) is 0 Å². The molecule has 4 rings (SSSR count). The van der Waals surface area contributed by atoms with Gasteiger partial charge in [0, 0.05) is 10.9 Å². The lowest BCUT2D eigenvalue weighted by Crippen LogP contribution is -1.96. The summed E-state index contributed by atoms with van der Waals surface area (Å²) < 4.78 is 0. The third kappa shape index (κ3) is 3.10. The molecule has 0 aliphatic carbocycles. The van der Waals surface area contributed by atoms with Crippen molar-refractivity contribution >= 4 is 33.1 Å². The quantitative estimate of drug-likeness (QED) is 0.213. The highest BCUT2D eigenvalue weighted by atomic mass is 15.4. The molecular weight excluding hydrogens is 308 g/mol. The fourth-order valence-electron chi connectivity index (χ4n) is 2.85. The molecule has 120 valence electrons. The van der Waals surface area contributed by atoms with Gasteiger partial charge < -0.3 is 0 Å². The molecule has 0 spiro atoms. The van der Waals surface area contributed by atoms with Crippen molar-refractivity contribution in [3.63, 3.8) is 0 Å². The summed E-state index contributed by atoms with van der Waals surface area (Å²) in [5, 5.41) is 20.6. The topological polar surface area (TPSA) is 60.6 Å². The van der Waals surface area contributed by atoms with Gasteiger partial charge in [0.15, 0.2) is 5.84 Å². The Kier molecular flexibility index (Phi) is 3.92. The molecule has 0 aromatic heterocycles. The first-order chi connectivity index (χ1) is 12.3. The molecule has 4 nitrogen and oxygen atoms in total. The maximum Gasteiger partial charge on any atom is 0.176 e. The Labute approximate surface area is 145 Å². The second-order valence-electron chi connectivity index (χ2n) is 5.75. The molecule has 2 N–H and O–H groups in total. The molecule has 0 amide bonds. The van der Waals surface area contributed by atoms with Crippen molar-refractivity contribution in [2.75, 3.05) is 5.43 Å². The van der Waals surface area contributed by atoms with E-state index in [9.17, 15) is 0 Å².